The van der Waals surface area contributed by atoms with Gasteiger partial charge in [0.25, 0.3) is 0 Å². The molecular formula is C11H22N2O2. The van der Waals surface area contributed by atoms with Crippen LogP contribution >= 0.6 is 0 Å². The van der Waals surface area contributed by atoms with Crippen molar-refractivity contribution in [2.24, 2.45) is 0 Å². The van der Waals surface area contributed by atoms with Crippen LogP contribution in [0.25, 0.3) is 0 Å². The number of carbonyl (C=O) groups is 1. The number of ether oxygens (including phenoxy) is 1. The second kappa shape index (κ2) is 4.94. The SMILES string of the molecule is CCOCC(C)N1CNC(C)(CC)C1=O. The fourth-order valence-electron chi connectivity index (χ4n) is 1.73. The zero-order valence-electron chi connectivity index (χ0n) is 10.2. The Morgan fingerprint density at radius 2 is 2.27 bits per heavy atom. The van der Waals surface area contributed by atoms with E-state index in [9.17, 15) is 4.79 Å². The molecule has 1 amide bonds. The Balaban J connectivity index is 2.55. The maximum Gasteiger partial charge on any atom is 0.243 e. The molecule has 1 fully saturated rings. The molecule has 4 heteroatoms. The zero-order chi connectivity index (χ0) is 11.5. The Hall–Kier alpha value is -0.610. The van der Waals surface area contributed by atoms with Gasteiger partial charge in [-0.2, -0.15) is 0 Å². The summed E-state index contributed by atoms with van der Waals surface area (Å²) in [4.78, 5) is 13.9. The van der Waals surface area contributed by atoms with Crippen molar-refractivity contribution >= 4 is 5.91 Å². The van der Waals surface area contributed by atoms with Gasteiger partial charge in [0.15, 0.2) is 0 Å². The molecule has 2 atom stereocenters. The number of nitrogens with one attached hydrogen (secondary N) is 1. The van der Waals surface area contributed by atoms with Crippen LogP contribution in [-0.2, 0) is 9.53 Å². The average molecular weight is 214 g/mol. The molecule has 1 rings (SSSR count). The Kier molecular flexibility index (Phi) is 4.11. The summed E-state index contributed by atoms with van der Waals surface area (Å²) in [5, 5.41) is 3.26. The highest BCUT2D eigenvalue weighted by molar-refractivity contribution is 5.88. The molecule has 2 unspecified atom stereocenters. The molecule has 1 heterocycles. The first kappa shape index (κ1) is 12.5. The van der Waals surface area contributed by atoms with Gasteiger partial charge in [-0.05, 0) is 27.2 Å². The second-order valence-corrected chi connectivity index (χ2v) is 4.30. The predicted octanol–water partition coefficient (Wildman–Crippen LogP) is 0.969. The van der Waals surface area contributed by atoms with Crippen molar-refractivity contribution in [3.05, 3.63) is 0 Å². The predicted molar refractivity (Wildman–Crippen MR) is 59.5 cm³/mol. The number of hydrogen-bond donors (Lipinski definition) is 1. The first-order valence-electron chi connectivity index (χ1n) is 5.69. The normalized spacial score (nSPS) is 28.5. The van der Waals surface area contributed by atoms with Crippen molar-refractivity contribution in [1.29, 1.82) is 0 Å². The zero-order valence-corrected chi connectivity index (χ0v) is 10.2. The summed E-state index contributed by atoms with van der Waals surface area (Å²) in [6.45, 7) is 9.93. The fourth-order valence-corrected chi connectivity index (χ4v) is 1.73. The van der Waals surface area contributed by atoms with Gasteiger partial charge < -0.3 is 9.64 Å². The fraction of sp³-hybridized carbons (Fsp3) is 0.909. The summed E-state index contributed by atoms with van der Waals surface area (Å²) >= 11 is 0. The van der Waals surface area contributed by atoms with Crippen LogP contribution < -0.4 is 5.32 Å². The maximum atomic E-state index is 12.1. The summed E-state index contributed by atoms with van der Waals surface area (Å²) in [6.07, 6.45) is 0.823. The molecule has 1 saturated heterocycles. The van der Waals surface area contributed by atoms with Crippen molar-refractivity contribution in [2.45, 2.75) is 45.7 Å². The monoisotopic (exact) mass is 214 g/mol. The quantitative estimate of drug-likeness (QED) is 0.741. The van der Waals surface area contributed by atoms with Crippen molar-refractivity contribution in [1.82, 2.24) is 10.2 Å². The van der Waals surface area contributed by atoms with Gasteiger partial charge in [0.05, 0.1) is 24.9 Å². The van der Waals surface area contributed by atoms with E-state index in [2.05, 4.69) is 5.32 Å². The van der Waals surface area contributed by atoms with Crippen LogP contribution in [0.2, 0.25) is 0 Å². The molecule has 0 saturated carbocycles. The third-order valence-corrected chi connectivity index (χ3v) is 3.17. The van der Waals surface area contributed by atoms with Gasteiger partial charge in [0.2, 0.25) is 5.91 Å². The lowest BCUT2D eigenvalue weighted by Gasteiger charge is -2.25. The van der Waals surface area contributed by atoms with E-state index >= 15 is 0 Å². The minimum atomic E-state index is -0.375. The minimum Gasteiger partial charge on any atom is -0.380 e. The highest BCUT2D eigenvalue weighted by atomic mass is 16.5. The summed E-state index contributed by atoms with van der Waals surface area (Å²) in [6, 6.07) is 0.151. The van der Waals surface area contributed by atoms with Crippen LogP contribution in [0.15, 0.2) is 0 Å². The Bertz CT molecular complexity index is 233. The van der Waals surface area contributed by atoms with E-state index in [1.165, 1.54) is 0 Å². The van der Waals surface area contributed by atoms with Gasteiger partial charge in [-0.3, -0.25) is 10.1 Å². The van der Waals surface area contributed by atoms with E-state index in [1.807, 2.05) is 32.6 Å². The average Bonchev–Trinajstić information content (AvgIpc) is 2.53. The molecule has 88 valence electrons. The second-order valence-electron chi connectivity index (χ2n) is 4.30. The molecule has 0 bridgehead atoms. The third-order valence-electron chi connectivity index (χ3n) is 3.17. The molecule has 0 spiro atoms. The summed E-state index contributed by atoms with van der Waals surface area (Å²) < 4.78 is 5.34. The van der Waals surface area contributed by atoms with E-state index in [-0.39, 0.29) is 17.5 Å². The molecule has 0 aromatic carbocycles. The number of rotatable bonds is 5. The van der Waals surface area contributed by atoms with Gasteiger partial charge in [-0.25, -0.2) is 0 Å². The van der Waals surface area contributed by atoms with Crippen LogP contribution in [-0.4, -0.2) is 42.3 Å². The lowest BCUT2D eigenvalue weighted by atomic mass is 9.99. The lowest BCUT2D eigenvalue weighted by Crippen LogP contribution is -2.45. The summed E-state index contributed by atoms with van der Waals surface area (Å²) in [5.41, 5.74) is -0.375. The van der Waals surface area contributed by atoms with Gasteiger partial charge in [-0.1, -0.05) is 6.92 Å². The molecule has 0 aromatic heterocycles. The number of hydrogen-bond acceptors (Lipinski definition) is 3. The Morgan fingerprint density at radius 3 is 2.73 bits per heavy atom. The first-order valence-corrected chi connectivity index (χ1v) is 5.69. The van der Waals surface area contributed by atoms with E-state index < -0.39 is 0 Å². The number of carbonyl (C=O) groups excluding carboxylic acids is 1. The van der Waals surface area contributed by atoms with E-state index in [0.29, 0.717) is 19.9 Å². The number of nitrogens with zero attached hydrogens (tertiary/aromatic N) is 1. The van der Waals surface area contributed by atoms with Crippen LogP contribution in [0, 0.1) is 0 Å². The number of amides is 1. The largest absolute Gasteiger partial charge is 0.380 e. The van der Waals surface area contributed by atoms with Crippen molar-refractivity contribution in [3.63, 3.8) is 0 Å². The van der Waals surface area contributed by atoms with Crippen molar-refractivity contribution in [2.75, 3.05) is 19.9 Å². The minimum absolute atomic E-state index is 0.151. The Labute approximate surface area is 92.0 Å². The molecule has 1 aliphatic rings. The molecule has 1 N–H and O–H groups in total. The summed E-state index contributed by atoms with van der Waals surface area (Å²) in [5.74, 6) is 0.192. The maximum absolute atomic E-state index is 12.1. The lowest BCUT2D eigenvalue weighted by molar-refractivity contribution is -0.134. The van der Waals surface area contributed by atoms with Crippen LogP contribution in [0.5, 0.6) is 0 Å². The summed E-state index contributed by atoms with van der Waals surface area (Å²) in [7, 11) is 0. The van der Waals surface area contributed by atoms with E-state index in [1.54, 1.807) is 0 Å². The van der Waals surface area contributed by atoms with Gasteiger partial charge in [-0.15, -0.1) is 0 Å². The molecule has 4 nitrogen and oxygen atoms in total. The molecule has 1 aliphatic heterocycles. The topological polar surface area (TPSA) is 41.6 Å². The highest BCUT2D eigenvalue weighted by Gasteiger charge is 2.42. The standard InChI is InChI=1S/C11H22N2O2/c1-5-11(4)10(14)13(8-12-11)9(3)7-15-6-2/h9,12H,5-8H2,1-4H3. The van der Waals surface area contributed by atoms with Gasteiger partial charge in [0, 0.05) is 6.61 Å². The smallest absolute Gasteiger partial charge is 0.243 e. The molecule has 15 heavy (non-hydrogen) atoms. The molecular weight excluding hydrogens is 192 g/mol. The van der Waals surface area contributed by atoms with E-state index in [0.717, 1.165) is 6.42 Å². The van der Waals surface area contributed by atoms with Crippen LogP contribution in [0.3, 0.4) is 0 Å². The van der Waals surface area contributed by atoms with Crippen LogP contribution in [0.1, 0.15) is 34.1 Å². The first-order chi connectivity index (χ1) is 7.05. The van der Waals surface area contributed by atoms with Gasteiger partial charge >= 0.3 is 0 Å². The Morgan fingerprint density at radius 1 is 1.60 bits per heavy atom. The highest BCUT2D eigenvalue weighted by Crippen LogP contribution is 2.20. The molecule has 0 aliphatic carbocycles. The van der Waals surface area contributed by atoms with Crippen molar-refractivity contribution < 1.29 is 9.53 Å². The van der Waals surface area contributed by atoms with Crippen LogP contribution in [0.4, 0.5) is 0 Å². The molecule has 0 aromatic rings. The third kappa shape index (κ3) is 2.49. The van der Waals surface area contributed by atoms with E-state index in [4.69, 9.17) is 4.74 Å². The van der Waals surface area contributed by atoms with Gasteiger partial charge in [0.1, 0.15) is 0 Å². The van der Waals surface area contributed by atoms with Crippen molar-refractivity contribution in [3.8, 4) is 0 Å². The molecule has 0 radical (unpaired) electrons.